The van der Waals surface area contributed by atoms with Gasteiger partial charge in [0, 0.05) is 19.2 Å². The molecule has 2 aliphatic heterocycles. The number of aliphatic carboxylic acids is 1. The zero-order valence-corrected chi connectivity index (χ0v) is 20.1. The number of esters is 1. The van der Waals surface area contributed by atoms with Crippen molar-refractivity contribution in [2.45, 2.75) is 89.6 Å². The zero-order valence-electron chi connectivity index (χ0n) is 20.1. The number of alkyl carbamates (subject to hydrolysis) is 1. The van der Waals surface area contributed by atoms with Crippen LogP contribution in [0.5, 0.6) is 0 Å². The Bertz CT molecular complexity index is 1100. The molecule has 0 aliphatic carbocycles. The van der Waals surface area contributed by atoms with Gasteiger partial charge in [-0.1, -0.05) is 0 Å². The van der Waals surface area contributed by atoms with Gasteiger partial charge >= 0.3 is 23.7 Å². The molecule has 0 radical (unpaired) electrons. The summed E-state index contributed by atoms with van der Waals surface area (Å²) in [6.07, 6.45) is -5.92. The third-order valence-corrected chi connectivity index (χ3v) is 5.08. The average molecular weight is 499 g/mol. The smallest absolute Gasteiger partial charge is 0.408 e. The molecule has 3 rings (SSSR count). The van der Waals surface area contributed by atoms with Crippen molar-refractivity contribution in [1.29, 1.82) is 0 Å². The fourth-order valence-corrected chi connectivity index (χ4v) is 3.96. The fraction of sp³-hybridized carbons (Fsp3) is 0.667. The molecule has 194 valence electrons. The number of hydrogen-bond acceptors (Lipinski definition) is 10. The van der Waals surface area contributed by atoms with Gasteiger partial charge in [-0.3, -0.25) is 19.1 Å². The molecule has 1 amide bonds. The maximum atomic E-state index is 12.4. The summed E-state index contributed by atoms with van der Waals surface area (Å²) in [6.45, 7) is 9.04. The van der Waals surface area contributed by atoms with Gasteiger partial charge in [0.15, 0.2) is 24.2 Å². The van der Waals surface area contributed by atoms with Crippen LogP contribution in [0.3, 0.4) is 0 Å². The van der Waals surface area contributed by atoms with E-state index in [2.05, 4.69) is 10.3 Å². The highest BCUT2D eigenvalue weighted by molar-refractivity contribution is 5.81. The number of nitrogens with zero attached hydrogens (tertiary/aromatic N) is 1. The Morgan fingerprint density at radius 1 is 1.20 bits per heavy atom. The molecule has 14 heteroatoms. The molecule has 2 aliphatic rings. The number of carboxylic acid groups (broad SMARTS) is 1. The quantitative estimate of drug-likeness (QED) is 0.443. The molecule has 14 nitrogen and oxygen atoms in total. The number of ether oxygens (including phenoxy) is 5. The van der Waals surface area contributed by atoms with Crippen molar-refractivity contribution in [3.8, 4) is 0 Å². The van der Waals surface area contributed by atoms with E-state index in [1.807, 2.05) is 0 Å². The van der Waals surface area contributed by atoms with Crippen molar-refractivity contribution in [3.63, 3.8) is 0 Å². The minimum absolute atomic E-state index is 0.633. The molecular weight excluding hydrogens is 470 g/mol. The summed E-state index contributed by atoms with van der Waals surface area (Å²) in [6, 6.07) is -0.709. The van der Waals surface area contributed by atoms with Crippen LogP contribution in [0.4, 0.5) is 4.79 Å². The predicted octanol–water partition coefficient (Wildman–Crippen LogP) is -0.136. The van der Waals surface area contributed by atoms with E-state index in [9.17, 15) is 29.1 Å². The van der Waals surface area contributed by atoms with Gasteiger partial charge in [-0.05, 0) is 34.6 Å². The molecule has 1 aromatic rings. The molecule has 35 heavy (non-hydrogen) atoms. The van der Waals surface area contributed by atoms with E-state index in [1.165, 1.54) is 6.20 Å². The zero-order chi connectivity index (χ0) is 26.3. The number of amides is 1. The van der Waals surface area contributed by atoms with Crippen molar-refractivity contribution in [2.75, 3.05) is 0 Å². The minimum Gasteiger partial charge on any atom is -0.480 e. The van der Waals surface area contributed by atoms with E-state index < -0.39 is 77.4 Å². The lowest BCUT2D eigenvalue weighted by Gasteiger charge is -2.32. The number of rotatable bonds is 6. The number of aromatic amines is 1. The molecule has 0 bridgehead atoms. The Kier molecular flexibility index (Phi) is 7.11. The second kappa shape index (κ2) is 9.43. The largest absolute Gasteiger partial charge is 0.480 e. The van der Waals surface area contributed by atoms with Gasteiger partial charge < -0.3 is 34.1 Å². The van der Waals surface area contributed by atoms with Crippen LogP contribution in [-0.4, -0.2) is 74.5 Å². The first kappa shape index (κ1) is 26.4. The van der Waals surface area contributed by atoms with Crippen molar-refractivity contribution >= 4 is 18.0 Å². The molecule has 0 unspecified atom stereocenters. The highest BCUT2D eigenvalue weighted by Crippen LogP contribution is 2.44. The number of fused-ring (bicyclic) bond motifs is 1. The van der Waals surface area contributed by atoms with Crippen molar-refractivity contribution in [2.24, 2.45) is 0 Å². The van der Waals surface area contributed by atoms with Crippen LogP contribution in [-0.2, 0) is 33.3 Å². The third kappa shape index (κ3) is 6.07. The molecule has 1 aromatic heterocycles. The molecule has 0 aromatic carbocycles. The highest BCUT2D eigenvalue weighted by atomic mass is 16.8. The summed E-state index contributed by atoms with van der Waals surface area (Å²) < 4.78 is 29.3. The topological polar surface area (TPSA) is 184 Å². The van der Waals surface area contributed by atoms with Gasteiger partial charge in [0.05, 0.1) is 0 Å². The average Bonchev–Trinajstić information content (AvgIpc) is 3.16. The summed E-state index contributed by atoms with van der Waals surface area (Å²) in [7, 11) is 0. The van der Waals surface area contributed by atoms with Crippen LogP contribution < -0.4 is 16.6 Å². The predicted molar refractivity (Wildman–Crippen MR) is 115 cm³/mol. The van der Waals surface area contributed by atoms with Crippen molar-refractivity contribution < 1.29 is 43.2 Å². The second-order valence-electron chi connectivity index (χ2n) is 9.61. The maximum absolute atomic E-state index is 12.4. The molecule has 6 atom stereocenters. The number of carbonyl (C=O) groups is 3. The Balaban J connectivity index is 2.01. The lowest BCUT2D eigenvalue weighted by atomic mass is 9.99. The minimum atomic E-state index is -1.81. The van der Waals surface area contributed by atoms with Gasteiger partial charge in [-0.25, -0.2) is 14.4 Å². The highest BCUT2D eigenvalue weighted by Gasteiger charge is 2.60. The van der Waals surface area contributed by atoms with Crippen LogP contribution in [0.1, 0.15) is 47.8 Å². The van der Waals surface area contributed by atoms with E-state index in [0.29, 0.717) is 0 Å². The SMILES string of the molecule is CC(=O)O[C@H]([C@H]1O[C@@H](n2ccc(=O)[nH]c2=O)[C@@H]2OC(C)(C)O[C@H]12)[C@H](NC(=O)OC(C)(C)C)C(=O)O. The lowest BCUT2D eigenvalue weighted by Crippen LogP contribution is -2.57. The summed E-state index contributed by atoms with van der Waals surface area (Å²) in [5.41, 5.74) is -2.37. The summed E-state index contributed by atoms with van der Waals surface area (Å²) >= 11 is 0. The van der Waals surface area contributed by atoms with Gasteiger partial charge in [0.25, 0.3) is 5.56 Å². The number of H-pyrrole nitrogens is 1. The monoisotopic (exact) mass is 499 g/mol. The maximum Gasteiger partial charge on any atom is 0.408 e. The van der Waals surface area contributed by atoms with Crippen molar-refractivity contribution in [3.05, 3.63) is 33.1 Å². The second-order valence-corrected chi connectivity index (χ2v) is 9.61. The third-order valence-electron chi connectivity index (χ3n) is 5.08. The molecule has 0 spiro atoms. The van der Waals surface area contributed by atoms with E-state index >= 15 is 0 Å². The summed E-state index contributed by atoms with van der Waals surface area (Å²) in [5, 5.41) is 12.1. The Labute approximate surface area is 199 Å². The van der Waals surface area contributed by atoms with Crippen LogP contribution in [0.15, 0.2) is 21.9 Å². The number of carboxylic acids is 1. The first-order valence-corrected chi connectivity index (χ1v) is 10.8. The number of nitrogens with one attached hydrogen (secondary N) is 2. The first-order valence-electron chi connectivity index (χ1n) is 10.8. The van der Waals surface area contributed by atoms with Crippen LogP contribution in [0.25, 0.3) is 0 Å². The van der Waals surface area contributed by atoms with Crippen LogP contribution in [0.2, 0.25) is 0 Å². The Hall–Kier alpha value is -3.23. The van der Waals surface area contributed by atoms with Gasteiger partial charge in [0.1, 0.15) is 23.9 Å². The fourth-order valence-electron chi connectivity index (χ4n) is 3.96. The summed E-state index contributed by atoms with van der Waals surface area (Å²) in [5.74, 6) is -3.56. The van der Waals surface area contributed by atoms with Gasteiger partial charge in [0.2, 0.25) is 0 Å². The molecular formula is C21H29N3O11. The molecule has 0 saturated carbocycles. The molecule has 2 saturated heterocycles. The first-order chi connectivity index (χ1) is 16.1. The van der Waals surface area contributed by atoms with E-state index in [1.54, 1.807) is 34.6 Å². The lowest BCUT2D eigenvalue weighted by molar-refractivity contribution is -0.214. The van der Waals surface area contributed by atoms with E-state index in [0.717, 1.165) is 17.6 Å². The van der Waals surface area contributed by atoms with Crippen molar-refractivity contribution in [1.82, 2.24) is 14.9 Å². The number of aromatic nitrogens is 2. The van der Waals surface area contributed by atoms with Crippen LogP contribution >= 0.6 is 0 Å². The summed E-state index contributed by atoms with van der Waals surface area (Å²) in [4.78, 5) is 62.5. The molecule has 3 heterocycles. The van der Waals surface area contributed by atoms with E-state index in [4.69, 9.17) is 23.7 Å². The Morgan fingerprint density at radius 2 is 1.83 bits per heavy atom. The molecule has 3 N–H and O–H groups in total. The standard InChI is InChI=1S/C21H29N3O11/c1-9(25)31-12(11(17(27)28)23-19(30)35-20(2,3)4)13-14-15(34-21(5,6)33-14)16(32-13)24-8-7-10(26)22-18(24)29/h7-8,11-16H,1-6H3,(H,23,30)(H,27,28)(H,22,26,29)/t11-,12-,13+,14+,15+,16+/m0/s1. The Morgan fingerprint density at radius 3 is 2.37 bits per heavy atom. The number of hydrogen-bond donors (Lipinski definition) is 3. The van der Waals surface area contributed by atoms with E-state index in [-0.39, 0.29) is 0 Å². The van der Waals surface area contributed by atoms with Gasteiger partial charge in [-0.15, -0.1) is 0 Å². The van der Waals surface area contributed by atoms with Crippen LogP contribution in [0, 0.1) is 0 Å². The normalized spacial score (nSPS) is 26.9. The number of carbonyl (C=O) groups excluding carboxylic acids is 2. The molecule has 2 fully saturated rings. The van der Waals surface area contributed by atoms with Gasteiger partial charge in [-0.2, -0.15) is 0 Å².